The summed E-state index contributed by atoms with van der Waals surface area (Å²) in [6.45, 7) is 3.47. The minimum Gasteiger partial charge on any atom is -0.392 e. The van der Waals surface area contributed by atoms with Crippen molar-refractivity contribution in [3.05, 3.63) is 53.0 Å². The van der Waals surface area contributed by atoms with E-state index in [1.54, 1.807) is 12.1 Å². The maximum absolute atomic E-state index is 14.2. The average molecular weight is 357 g/mol. The summed E-state index contributed by atoms with van der Waals surface area (Å²) in [7, 11) is 0. The lowest BCUT2D eigenvalue weighted by Crippen LogP contribution is -2.32. The van der Waals surface area contributed by atoms with E-state index in [4.69, 9.17) is 4.99 Å². The second-order valence-corrected chi connectivity index (χ2v) is 8.01. The van der Waals surface area contributed by atoms with Gasteiger partial charge in [0.25, 0.3) is 0 Å². The molecule has 2 unspecified atom stereocenters. The molecule has 1 aromatic carbocycles. The topological polar surface area (TPSA) is 49.7 Å². The van der Waals surface area contributed by atoms with Crippen LogP contribution in [-0.2, 0) is 4.79 Å². The minimum atomic E-state index is -0.393. The number of ketones is 1. The average Bonchev–Trinajstić information content (AvgIpc) is 3.08. The number of fused-ring (bicyclic) bond motifs is 1. The smallest absolute Gasteiger partial charge is 0.161 e. The zero-order valence-corrected chi connectivity index (χ0v) is 14.7. The van der Waals surface area contributed by atoms with Crippen LogP contribution >= 0.6 is 11.8 Å². The second kappa shape index (κ2) is 6.54. The molecule has 0 radical (unpaired) electrons. The van der Waals surface area contributed by atoms with Gasteiger partial charge in [0, 0.05) is 34.9 Å². The fraction of sp³-hybridized carbons (Fsp3) is 0.400. The molecule has 3 nitrogen and oxygen atoms in total. The van der Waals surface area contributed by atoms with Gasteiger partial charge in [0.1, 0.15) is 5.82 Å². The maximum atomic E-state index is 14.2. The van der Waals surface area contributed by atoms with E-state index < -0.39 is 5.82 Å². The van der Waals surface area contributed by atoms with Crippen LogP contribution in [-0.4, -0.2) is 34.2 Å². The number of allylic oxidation sites excluding steroid dienone is 2. The summed E-state index contributed by atoms with van der Waals surface area (Å²) in [4.78, 5) is 17.5. The lowest BCUT2D eigenvalue weighted by molar-refractivity contribution is -0.116. The molecule has 3 aliphatic rings. The molecule has 4 rings (SSSR count). The van der Waals surface area contributed by atoms with Crippen LogP contribution < -0.4 is 0 Å². The predicted molar refractivity (Wildman–Crippen MR) is 99.4 cm³/mol. The molecule has 5 heteroatoms. The van der Waals surface area contributed by atoms with Gasteiger partial charge in [-0.2, -0.15) is 11.8 Å². The molecule has 1 saturated heterocycles. The van der Waals surface area contributed by atoms with E-state index in [9.17, 15) is 14.3 Å². The van der Waals surface area contributed by atoms with Gasteiger partial charge in [-0.3, -0.25) is 9.79 Å². The quantitative estimate of drug-likeness (QED) is 0.893. The van der Waals surface area contributed by atoms with Crippen molar-refractivity contribution < 1.29 is 14.3 Å². The van der Waals surface area contributed by atoms with E-state index in [1.165, 1.54) is 6.07 Å². The second-order valence-electron chi connectivity index (χ2n) is 6.76. The first kappa shape index (κ1) is 16.7. The third kappa shape index (κ3) is 2.79. The van der Waals surface area contributed by atoms with Gasteiger partial charge < -0.3 is 5.11 Å². The number of aliphatic imine (C=N–C) groups is 1. The number of hydrogen-bond donors (Lipinski definition) is 1. The van der Waals surface area contributed by atoms with Crippen LogP contribution in [0.15, 0.2) is 41.0 Å². The van der Waals surface area contributed by atoms with Gasteiger partial charge in [-0.25, -0.2) is 4.39 Å². The molecule has 0 aromatic heterocycles. The Hall–Kier alpha value is -1.72. The first-order valence-electron chi connectivity index (χ1n) is 8.64. The van der Waals surface area contributed by atoms with Crippen molar-refractivity contribution in [3.63, 3.8) is 0 Å². The Bertz CT molecular complexity index is 827. The van der Waals surface area contributed by atoms with Gasteiger partial charge in [-0.1, -0.05) is 12.6 Å². The van der Waals surface area contributed by atoms with Crippen LogP contribution in [0.2, 0.25) is 0 Å². The Kier molecular flexibility index (Phi) is 4.38. The molecule has 0 spiro atoms. The van der Waals surface area contributed by atoms with Crippen LogP contribution in [0.4, 0.5) is 4.39 Å². The normalized spacial score (nSPS) is 25.5. The molecular formula is C20H20FNO2S. The van der Waals surface area contributed by atoms with Gasteiger partial charge in [-0.15, -0.1) is 0 Å². The molecule has 1 fully saturated rings. The van der Waals surface area contributed by atoms with Crippen LogP contribution in [0.25, 0.3) is 5.57 Å². The van der Waals surface area contributed by atoms with E-state index in [0.717, 1.165) is 47.6 Å². The van der Waals surface area contributed by atoms with Gasteiger partial charge >= 0.3 is 0 Å². The molecule has 1 aliphatic carbocycles. The van der Waals surface area contributed by atoms with E-state index >= 15 is 0 Å². The number of aliphatic hydroxyl groups is 1. The van der Waals surface area contributed by atoms with E-state index in [1.807, 2.05) is 11.8 Å². The summed E-state index contributed by atoms with van der Waals surface area (Å²) in [5, 5.41) is 9.49. The number of aliphatic hydroxyl groups excluding tert-OH is 1. The van der Waals surface area contributed by atoms with Crippen molar-refractivity contribution in [2.24, 2.45) is 4.99 Å². The van der Waals surface area contributed by atoms with Crippen molar-refractivity contribution in [2.75, 3.05) is 12.4 Å². The Balaban J connectivity index is 1.85. The highest BCUT2D eigenvalue weighted by Crippen LogP contribution is 2.47. The first-order valence-corrected chi connectivity index (χ1v) is 9.68. The monoisotopic (exact) mass is 357 g/mol. The SMILES string of the molecule is C=C(CO)c1cc(C2C3=C(CCCC3=O)N=C3CCSC32)ccc1F. The molecule has 2 atom stereocenters. The Labute approximate surface area is 150 Å². The number of Topliss-reactive ketones (excluding diaryl/α,β-unsaturated/α-hetero) is 1. The van der Waals surface area contributed by atoms with Gasteiger partial charge in [0.05, 0.1) is 11.9 Å². The number of halogens is 1. The number of thioether (sulfide) groups is 1. The summed E-state index contributed by atoms with van der Waals surface area (Å²) in [5.74, 6) is 0.712. The third-order valence-corrected chi connectivity index (χ3v) is 6.57. The number of carbonyl (C=O) groups excluding carboxylic acids is 1. The molecule has 2 heterocycles. The molecule has 1 aromatic rings. The number of hydrogen-bond acceptors (Lipinski definition) is 4. The van der Waals surface area contributed by atoms with E-state index in [2.05, 4.69) is 6.58 Å². The zero-order valence-electron chi connectivity index (χ0n) is 13.9. The highest BCUT2D eigenvalue weighted by atomic mass is 32.2. The highest BCUT2D eigenvalue weighted by molar-refractivity contribution is 8.01. The van der Waals surface area contributed by atoms with Crippen LogP contribution in [0.3, 0.4) is 0 Å². The lowest BCUT2D eigenvalue weighted by Gasteiger charge is -2.33. The number of rotatable bonds is 3. The summed E-state index contributed by atoms with van der Waals surface area (Å²) < 4.78 is 14.2. The van der Waals surface area contributed by atoms with Crippen LogP contribution in [0.5, 0.6) is 0 Å². The third-order valence-electron chi connectivity index (χ3n) is 5.23. The van der Waals surface area contributed by atoms with E-state index in [-0.39, 0.29) is 23.6 Å². The van der Waals surface area contributed by atoms with Crippen LogP contribution in [0.1, 0.15) is 42.7 Å². The molecule has 1 N–H and O–H groups in total. The van der Waals surface area contributed by atoms with Crippen LogP contribution in [0, 0.1) is 5.82 Å². The maximum Gasteiger partial charge on any atom is 0.161 e. The van der Waals surface area contributed by atoms with Crippen molar-refractivity contribution in [1.82, 2.24) is 0 Å². The summed E-state index contributed by atoms with van der Waals surface area (Å²) in [6.07, 6.45) is 3.22. The first-order chi connectivity index (χ1) is 12.1. The highest BCUT2D eigenvalue weighted by Gasteiger charge is 2.42. The number of benzene rings is 1. The molecule has 2 aliphatic heterocycles. The lowest BCUT2D eigenvalue weighted by atomic mass is 9.76. The summed E-state index contributed by atoms with van der Waals surface area (Å²) >= 11 is 1.83. The molecule has 25 heavy (non-hydrogen) atoms. The summed E-state index contributed by atoms with van der Waals surface area (Å²) in [6, 6.07) is 4.94. The standard InChI is InChI=1S/C20H20FNO2S/c1-11(10-23)13-9-12(5-6-14(13)21)18-19-15(3-2-4-17(19)24)22-16-7-8-25-20(16)18/h5-6,9,18,20,23H,1-4,7-8,10H2. The van der Waals surface area contributed by atoms with Crippen molar-refractivity contribution in [3.8, 4) is 0 Å². The van der Waals surface area contributed by atoms with Gasteiger partial charge in [0.2, 0.25) is 0 Å². The van der Waals surface area contributed by atoms with Crippen molar-refractivity contribution >= 4 is 28.8 Å². The molecule has 0 bridgehead atoms. The van der Waals surface area contributed by atoms with E-state index in [0.29, 0.717) is 17.6 Å². The Morgan fingerprint density at radius 2 is 2.20 bits per heavy atom. The molecular weight excluding hydrogens is 337 g/mol. The minimum absolute atomic E-state index is 0.0753. The largest absolute Gasteiger partial charge is 0.392 e. The van der Waals surface area contributed by atoms with Crippen molar-refractivity contribution in [2.45, 2.75) is 36.9 Å². The molecule has 130 valence electrons. The van der Waals surface area contributed by atoms with Crippen molar-refractivity contribution in [1.29, 1.82) is 0 Å². The number of carbonyl (C=O) groups is 1. The fourth-order valence-corrected chi connectivity index (χ4v) is 5.44. The van der Waals surface area contributed by atoms with Gasteiger partial charge in [0.15, 0.2) is 5.78 Å². The summed E-state index contributed by atoms with van der Waals surface area (Å²) in [5.41, 5.74) is 4.52. The Morgan fingerprint density at radius 1 is 1.36 bits per heavy atom. The zero-order chi connectivity index (χ0) is 17.6. The molecule has 0 amide bonds. The molecule has 0 saturated carbocycles. The number of nitrogens with zero attached hydrogens (tertiary/aromatic N) is 1. The Morgan fingerprint density at radius 3 is 3.00 bits per heavy atom. The van der Waals surface area contributed by atoms with Gasteiger partial charge in [-0.05, 0) is 48.3 Å². The predicted octanol–water partition coefficient (Wildman–Crippen LogP) is 3.88. The fourth-order valence-electron chi connectivity index (χ4n) is 4.01.